The van der Waals surface area contributed by atoms with Crippen LogP contribution in [-0.4, -0.2) is 44.7 Å². The molecule has 21 heavy (non-hydrogen) atoms. The maximum Gasteiger partial charge on any atom is 0.242 e. The number of hydrogen-bond acceptors (Lipinski definition) is 4. The van der Waals surface area contributed by atoms with E-state index in [1.54, 1.807) is 7.11 Å². The van der Waals surface area contributed by atoms with Crippen molar-refractivity contribution in [3.8, 4) is 0 Å². The first-order valence-electron chi connectivity index (χ1n) is 7.08. The van der Waals surface area contributed by atoms with Gasteiger partial charge in [-0.2, -0.15) is 0 Å². The molecule has 0 saturated carbocycles. The molecule has 0 aromatic heterocycles. The molecule has 0 radical (unpaired) electrons. The van der Waals surface area contributed by atoms with Crippen LogP contribution in [0.2, 0.25) is 0 Å². The molecule has 0 aliphatic carbocycles. The second-order valence-electron chi connectivity index (χ2n) is 4.95. The van der Waals surface area contributed by atoms with Crippen LogP contribution >= 0.6 is 0 Å². The van der Waals surface area contributed by atoms with E-state index in [0.29, 0.717) is 13.2 Å². The maximum absolute atomic E-state index is 12.1. The molecule has 1 aliphatic rings. The monoisotopic (exact) mass is 291 g/mol. The molecule has 1 aromatic rings. The number of rotatable bonds is 6. The summed E-state index contributed by atoms with van der Waals surface area (Å²) in [5.74, 6) is -0.358. The molecule has 2 rings (SSSR count). The van der Waals surface area contributed by atoms with Crippen molar-refractivity contribution in [2.24, 2.45) is 0 Å². The molecule has 1 atom stereocenters. The summed E-state index contributed by atoms with van der Waals surface area (Å²) in [6.45, 7) is 0.892. The average Bonchev–Trinajstić information content (AvgIpc) is 2.52. The molecule has 6 nitrogen and oxygen atoms in total. The van der Waals surface area contributed by atoms with Gasteiger partial charge in [0.25, 0.3) is 0 Å². The van der Waals surface area contributed by atoms with Gasteiger partial charge in [-0.3, -0.25) is 9.59 Å². The highest BCUT2D eigenvalue weighted by Gasteiger charge is 2.23. The van der Waals surface area contributed by atoms with Gasteiger partial charge in [-0.25, -0.2) is 0 Å². The lowest BCUT2D eigenvalue weighted by Crippen LogP contribution is -2.45. The predicted octanol–water partition coefficient (Wildman–Crippen LogP) is 0.292. The molecular formula is C15H21N3O3. The number of aryl methyl sites for hydroxylation is 1. The van der Waals surface area contributed by atoms with Crippen molar-refractivity contribution in [2.75, 3.05) is 32.1 Å². The fraction of sp³-hybridized carbons (Fsp3) is 0.467. The Morgan fingerprint density at radius 1 is 1.33 bits per heavy atom. The standard InChI is InChI=1S/C15H21N3O3/c1-21-9-8-16-14(19)10-17-15(20)13-7-6-11-4-2-3-5-12(11)18-13/h2-5,13,18H,6-10H2,1H3,(H,16,19)(H,17,20). The summed E-state index contributed by atoms with van der Waals surface area (Å²) < 4.78 is 4.83. The van der Waals surface area contributed by atoms with Crippen molar-refractivity contribution in [3.05, 3.63) is 29.8 Å². The van der Waals surface area contributed by atoms with Crippen LogP contribution in [0.4, 0.5) is 5.69 Å². The number of amides is 2. The maximum atomic E-state index is 12.1. The molecule has 114 valence electrons. The largest absolute Gasteiger partial charge is 0.383 e. The van der Waals surface area contributed by atoms with Crippen LogP contribution in [0.15, 0.2) is 24.3 Å². The predicted molar refractivity (Wildman–Crippen MR) is 80.1 cm³/mol. The smallest absolute Gasteiger partial charge is 0.242 e. The van der Waals surface area contributed by atoms with E-state index in [-0.39, 0.29) is 24.4 Å². The van der Waals surface area contributed by atoms with E-state index in [2.05, 4.69) is 22.0 Å². The lowest BCUT2D eigenvalue weighted by atomic mass is 9.98. The molecule has 2 amide bonds. The first-order valence-corrected chi connectivity index (χ1v) is 7.08. The van der Waals surface area contributed by atoms with Gasteiger partial charge in [-0.1, -0.05) is 18.2 Å². The third-order valence-electron chi connectivity index (χ3n) is 3.42. The van der Waals surface area contributed by atoms with Crippen molar-refractivity contribution < 1.29 is 14.3 Å². The fourth-order valence-electron chi connectivity index (χ4n) is 2.28. The number of ether oxygens (including phenoxy) is 1. The number of carbonyl (C=O) groups is 2. The summed E-state index contributed by atoms with van der Waals surface area (Å²) >= 11 is 0. The third kappa shape index (κ3) is 4.46. The van der Waals surface area contributed by atoms with Crippen molar-refractivity contribution in [3.63, 3.8) is 0 Å². The quantitative estimate of drug-likeness (QED) is 0.658. The van der Waals surface area contributed by atoms with Crippen molar-refractivity contribution >= 4 is 17.5 Å². The zero-order valence-corrected chi connectivity index (χ0v) is 12.1. The average molecular weight is 291 g/mol. The number of fused-ring (bicyclic) bond motifs is 1. The second kappa shape index (κ2) is 7.64. The number of nitrogens with one attached hydrogen (secondary N) is 3. The molecular weight excluding hydrogens is 270 g/mol. The molecule has 0 saturated heterocycles. The van der Waals surface area contributed by atoms with Gasteiger partial charge in [0.05, 0.1) is 13.2 Å². The van der Waals surface area contributed by atoms with E-state index < -0.39 is 0 Å². The van der Waals surface area contributed by atoms with E-state index >= 15 is 0 Å². The van der Waals surface area contributed by atoms with Crippen LogP contribution in [0, 0.1) is 0 Å². The highest BCUT2D eigenvalue weighted by molar-refractivity contribution is 5.89. The van der Waals surface area contributed by atoms with E-state index in [1.165, 1.54) is 5.56 Å². The lowest BCUT2D eigenvalue weighted by Gasteiger charge is -2.26. The Hall–Kier alpha value is -2.08. The van der Waals surface area contributed by atoms with Gasteiger partial charge in [-0.15, -0.1) is 0 Å². The summed E-state index contributed by atoms with van der Waals surface area (Å²) in [5, 5.41) is 8.52. The van der Waals surface area contributed by atoms with Crippen molar-refractivity contribution in [2.45, 2.75) is 18.9 Å². The molecule has 0 fully saturated rings. The molecule has 1 aliphatic heterocycles. The van der Waals surface area contributed by atoms with E-state index in [1.807, 2.05) is 18.2 Å². The van der Waals surface area contributed by atoms with Gasteiger partial charge in [0.15, 0.2) is 0 Å². The third-order valence-corrected chi connectivity index (χ3v) is 3.42. The summed E-state index contributed by atoms with van der Waals surface area (Å²) in [5.41, 5.74) is 2.22. The van der Waals surface area contributed by atoms with Gasteiger partial charge in [0.1, 0.15) is 6.04 Å². The van der Waals surface area contributed by atoms with Gasteiger partial charge in [0, 0.05) is 19.3 Å². The number of anilines is 1. The van der Waals surface area contributed by atoms with Crippen LogP contribution < -0.4 is 16.0 Å². The summed E-state index contributed by atoms with van der Waals surface area (Å²) in [6, 6.07) is 7.67. The van der Waals surface area contributed by atoms with E-state index in [9.17, 15) is 9.59 Å². The van der Waals surface area contributed by atoms with Gasteiger partial charge < -0.3 is 20.7 Å². The van der Waals surface area contributed by atoms with Crippen LogP contribution in [0.5, 0.6) is 0 Å². The minimum absolute atomic E-state index is 0.0115. The number of carbonyl (C=O) groups excluding carboxylic acids is 2. The minimum atomic E-state index is -0.285. The Bertz CT molecular complexity index is 505. The van der Waals surface area contributed by atoms with Gasteiger partial charge in [-0.05, 0) is 24.5 Å². The number of para-hydroxylation sites is 1. The Morgan fingerprint density at radius 3 is 2.95 bits per heavy atom. The highest BCUT2D eigenvalue weighted by Crippen LogP contribution is 2.24. The van der Waals surface area contributed by atoms with Crippen molar-refractivity contribution in [1.82, 2.24) is 10.6 Å². The van der Waals surface area contributed by atoms with Gasteiger partial charge >= 0.3 is 0 Å². The summed E-state index contributed by atoms with van der Waals surface area (Å²) in [7, 11) is 1.57. The van der Waals surface area contributed by atoms with Crippen LogP contribution in [-0.2, 0) is 20.7 Å². The molecule has 1 aromatic carbocycles. The van der Waals surface area contributed by atoms with Crippen LogP contribution in [0.1, 0.15) is 12.0 Å². The summed E-state index contributed by atoms with van der Waals surface area (Å²) in [4.78, 5) is 23.6. The first kappa shape index (κ1) is 15.3. The topological polar surface area (TPSA) is 79.5 Å². The molecule has 3 N–H and O–H groups in total. The molecule has 0 bridgehead atoms. The van der Waals surface area contributed by atoms with Gasteiger partial charge in [0.2, 0.25) is 11.8 Å². The highest BCUT2D eigenvalue weighted by atomic mass is 16.5. The van der Waals surface area contributed by atoms with Crippen LogP contribution in [0.3, 0.4) is 0 Å². The minimum Gasteiger partial charge on any atom is -0.383 e. The fourth-order valence-corrected chi connectivity index (χ4v) is 2.28. The Morgan fingerprint density at radius 2 is 2.14 bits per heavy atom. The SMILES string of the molecule is COCCNC(=O)CNC(=O)C1CCc2ccccc2N1. The zero-order valence-electron chi connectivity index (χ0n) is 12.1. The van der Waals surface area contributed by atoms with E-state index in [0.717, 1.165) is 18.5 Å². The molecule has 0 spiro atoms. The Balaban J connectivity index is 1.76. The lowest BCUT2D eigenvalue weighted by molar-refractivity contribution is -0.126. The normalized spacial score (nSPS) is 16.5. The van der Waals surface area contributed by atoms with Crippen LogP contribution in [0.25, 0.3) is 0 Å². The molecule has 1 unspecified atom stereocenters. The van der Waals surface area contributed by atoms with Crippen molar-refractivity contribution in [1.29, 1.82) is 0 Å². The number of hydrogen-bond donors (Lipinski definition) is 3. The number of benzene rings is 1. The Kier molecular flexibility index (Phi) is 5.57. The summed E-state index contributed by atoms with van der Waals surface area (Å²) in [6.07, 6.45) is 1.59. The second-order valence-corrected chi connectivity index (χ2v) is 4.95. The van der Waals surface area contributed by atoms with E-state index in [4.69, 9.17) is 4.74 Å². The number of methoxy groups -OCH3 is 1. The molecule has 6 heteroatoms. The Labute approximate surface area is 124 Å². The zero-order chi connectivity index (χ0) is 15.1. The first-order chi connectivity index (χ1) is 10.2. The molecule has 1 heterocycles.